The van der Waals surface area contributed by atoms with E-state index in [1.807, 2.05) is 13.8 Å². The molecule has 9 heteroatoms. The van der Waals surface area contributed by atoms with E-state index in [0.29, 0.717) is 5.82 Å². The number of H-pyrrole nitrogens is 1. The third-order valence-electron chi connectivity index (χ3n) is 2.71. The summed E-state index contributed by atoms with van der Waals surface area (Å²) in [5.41, 5.74) is -0.334. The smallest absolute Gasteiger partial charge is 0.305 e. The highest BCUT2D eigenvalue weighted by Gasteiger charge is 2.27. The van der Waals surface area contributed by atoms with Crippen LogP contribution in [0.25, 0.3) is 0 Å². The van der Waals surface area contributed by atoms with Gasteiger partial charge < -0.3 is 5.32 Å². The van der Waals surface area contributed by atoms with Crippen molar-refractivity contribution in [2.75, 3.05) is 5.32 Å². The normalized spacial score (nSPS) is 10.8. The summed E-state index contributed by atoms with van der Waals surface area (Å²) in [5, 5.41) is 23.7. The van der Waals surface area contributed by atoms with Gasteiger partial charge in [-0.25, -0.2) is 4.68 Å². The van der Waals surface area contributed by atoms with Gasteiger partial charge in [-0.3, -0.25) is 20.0 Å². The van der Waals surface area contributed by atoms with Crippen LogP contribution in [0.2, 0.25) is 0 Å². The number of carbonyl (C=O) groups is 1. The molecule has 0 aliphatic heterocycles. The highest BCUT2D eigenvalue weighted by atomic mass is 16.6. The van der Waals surface area contributed by atoms with Crippen molar-refractivity contribution in [2.45, 2.75) is 26.8 Å². The molecule has 0 atom stereocenters. The van der Waals surface area contributed by atoms with Crippen molar-refractivity contribution in [1.29, 1.82) is 0 Å². The molecule has 0 bridgehead atoms. The summed E-state index contributed by atoms with van der Waals surface area (Å²) < 4.78 is 1.60. The number of aromatic amines is 1. The zero-order chi connectivity index (χ0) is 14.9. The zero-order valence-corrected chi connectivity index (χ0v) is 11.2. The van der Waals surface area contributed by atoms with E-state index in [2.05, 4.69) is 20.6 Å². The van der Waals surface area contributed by atoms with Crippen molar-refractivity contribution in [3.8, 4) is 0 Å². The minimum absolute atomic E-state index is 0.0520. The Labute approximate surface area is 114 Å². The maximum Gasteiger partial charge on any atom is 0.322 e. The Balaban J connectivity index is 2.29. The van der Waals surface area contributed by atoms with Crippen LogP contribution >= 0.6 is 0 Å². The molecule has 106 valence electrons. The van der Waals surface area contributed by atoms with Gasteiger partial charge in [-0.2, -0.15) is 10.2 Å². The molecular weight excluding hydrogens is 264 g/mol. The Morgan fingerprint density at radius 1 is 1.55 bits per heavy atom. The molecule has 0 aliphatic carbocycles. The summed E-state index contributed by atoms with van der Waals surface area (Å²) in [4.78, 5) is 22.4. The summed E-state index contributed by atoms with van der Waals surface area (Å²) >= 11 is 0. The molecule has 2 aromatic rings. The highest BCUT2D eigenvalue weighted by Crippen LogP contribution is 2.22. The largest absolute Gasteiger partial charge is 0.322 e. The molecule has 0 unspecified atom stereocenters. The number of carbonyl (C=O) groups excluding carboxylic acids is 1. The standard InChI is InChI=1S/C11H14N6O3/c1-6(2)16-8(4-5-12-16)13-11(18)9-10(17(19)20)7(3)14-15-9/h4-6H,1-3H3,(H,13,18)(H,14,15). The predicted molar refractivity (Wildman–Crippen MR) is 70.5 cm³/mol. The first kappa shape index (κ1) is 13.7. The Morgan fingerprint density at radius 3 is 2.85 bits per heavy atom. The Bertz CT molecular complexity index is 657. The van der Waals surface area contributed by atoms with Gasteiger partial charge in [0, 0.05) is 12.1 Å². The lowest BCUT2D eigenvalue weighted by molar-refractivity contribution is -0.385. The number of aromatic nitrogens is 4. The fraction of sp³-hybridized carbons (Fsp3) is 0.364. The lowest BCUT2D eigenvalue weighted by Crippen LogP contribution is -2.18. The van der Waals surface area contributed by atoms with Crippen molar-refractivity contribution in [3.05, 3.63) is 33.8 Å². The fourth-order valence-electron chi connectivity index (χ4n) is 1.81. The summed E-state index contributed by atoms with van der Waals surface area (Å²) in [6.07, 6.45) is 1.54. The van der Waals surface area contributed by atoms with Gasteiger partial charge >= 0.3 is 5.69 Å². The quantitative estimate of drug-likeness (QED) is 0.651. The molecule has 0 spiro atoms. The monoisotopic (exact) mass is 278 g/mol. The van der Waals surface area contributed by atoms with E-state index in [1.165, 1.54) is 6.92 Å². The average Bonchev–Trinajstić information content (AvgIpc) is 2.95. The van der Waals surface area contributed by atoms with Crippen LogP contribution in [-0.2, 0) is 0 Å². The first-order valence-corrected chi connectivity index (χ1v) is 5.96. The molecule has 0 saturated heterocycles. The number of aryl methyl sites for hydroxylation is 1. The van der Waals surface area contributed by atoms with Gasteiger partial charge in [0.25, 0.3) is 5.91 Å². The topological polar surface area (TPSA) is 119 Å². The first-order valence-electron chi connectivity index (χ1n) is 5.96. The molecule has 2 aromatic heterocycles. The van der Waals surface area contributed by atoms with E-state index in [9.17, 15) is 14.9 Å². The van der Waals surface area contributed by atoms with E-state index in [4.69, 9.17) is 0 Å². The van der Waals surface area contributed by atoms with Crippen molar-refractivity contribution in [1.82, 2.24) is 20.0 Å². The van der Waals surface area contributed by atoms with Crippen LogP contribution < -0.4 is 5.32 Å². The molecule has 0 saturated carbocycles. The fourth-order valence-corrected chi connectivity index (χ4v) is 1.81. The van der Waals surface area contributed by atoms with Gasteiger partial charge in [0.05, 0.1) is 11.1 Å². The maximum atomic E-state index is 12.1. The van der Waals surface area contributed by atoms with Crippen LogP contribution in [0.3, 0.4) is 0 Å². The van der Waals surface area contributed by atoms with Crippen LogP contribution in [0.1, 0.15) is 36.1 Å². The van der Waals surface area contributed by atoms with Gasteiger partial charge in [-0.1, -0.05) is 0 Å². The minimum Gasteiger partial charge on any atom is -0.305 e. The van der Waals surface area contributed by atoms with Crippen molar-refractivity contribution >= 4 is 17.4 Å². The van der Waals surface area contributed by atoms with Gasteiger partial charge in [0.1, 0.15) is 11.5 Å². The third-order valence-corrected chi connectivity index (χ3v) is 2.71. The van der Waals surface area contributed by atoms with Crippen LogP contribution in [0.15, 0.2) is 12.3 Å². The number of anilines is 1. The van der Waals surface area contributed by atoms with E-state index < -0.39 is 10.8 Å². The summed E-state index contributed by atoms with van der Waals surface area (Å²) in [5.74, 6) is -0.191. The van der Waals surface area contributed by atoms with E-state index >= 15 is 0 Å². The van der Waals surface area contributed by atoms with Crippen molar-refractivity contribution in [2.24, 2.45) is 0 Å². The maximum absolute atomic E-state index is 12.1. The lowest BCUT2D eigenvalue weighted by atomic mass is 10.3. The third kappa shape index (κ3) is 2.37. The van der Waals surface area contributed by atoms with E-state index in [1.54, 1.807) is 16.9 Å². The Morgan fingerprint density at radius 2 is 2.25 bits per heavy atom. The van der Waals surface area contributed by atoms with Gasteiger partial charge in [-0.05, 0) is 20.8 Å². The number of hydrogen-bond acceptors (Lipinski definition) is 5. The Kier molecular flexibility index (Phi) is 3.51. The van der Waals surface area contributed by atoms with Gasteiger partial charge in [-0.15, -0.1) is 0 Å². The Hall–Kier alpha value is -2.71. The number of nitro groups is 1. The molecule has 2 heterocycles. The van der Waals surface area contributed by atoms with Crippen LogP contribution in [0.4, 0.5) is 11.5 Å². The summed E-state index contributed by atoms with van der Waals surface area (Å²) in [6.45, 7) is 5.30. The van der Waals surface area contributed by atoms with E-state index in [-0.39, 0.29) is 23.1 Å². The predicted octanol–water partition coefficient (Wildman–Crippen LogP) is 1.66. The number of rotatable bonds is 4. The number of nitrogens with one attached hydrogen (secondary N) is 2. The second kappa shape index (κ2) is 5.11. The van der Waals surface area contributed by atoms with Gasteiger partial charge in [0.2, 0.25) is 5.69 Å². The molecule has 1 amide bonds. The second-order valence-corrected chi connectivity index (χ2v) is 4.51. The number of amides is 1. The van der Waals surface area contributed by atoms with E-state index in [0.717, 1.165) is 0 Å². The van der Waals surface area contributed by atoms with Crippen LogP contribution in [-0.4, -0.2) is 30.8 Å². The van der Waals surface area contributed by atoms with Crippen LogP contribution in [0.5, 0.6) is 0 Å². The zero-order valence-electron chi connectivity index (χ0n) is 11.2. The lowest BCUT2D eigenvalue weighted by Gasteiger charge is -2.10. The molecule has 2 N–H and O–H groups in total. The number of hydrogen-bond donors (Lipinski definition) is 2. The summed E-state index contributed by atoms with van der Waals surface area (Å²) in [6, 6.07) is 1.67. The van der Waals surface area contributed by atoms with Crippen molar-refractivity contribution in [3.63, 3.8) is 0 Å². The highest BCUT2D eigenvalue weighted by molar-refractivity contribution is 6.05. The number of nitrogens with zero attached hydrogens (tertiary/aromatic N) is 4. The molecule has 20 heavy (non-hydrogen) atoms. The molecule has 0 fully saturated rings. The molecule has 0 aliphatic rings. The average molecular weight is 278 g/mol. The SMILES string of the molecule is Cc1[nH]nc(C(=O)Nc2ccnn2C(C)C)c1[N+](=O)[O-]. The molecular formula is C11H14N6O3. The molecule has 2 rings (SSSR count). The first-order chi connectivity index (χ1) is 9.41. The minimum atomic E-state index is -0.650. The van der Waals surface area contributed by atoms with Crippen LogP contribution in [0, 0.1) is 17.0 Å². The molecule has 9 nitrogen and oxygen atoms in total. The van der Waals surface area contributed by atoms with Crippen molar-refractivity contribution < 1.29 is 9.72 Å². The molecule has 0 aromatic carbocycles. The molecule has 0 radical (unpaired) electrons. The second-order valence-electron chi connectivity index (χ2n) is 4.51. The van der Waals surface area contributed by atoms with Gasteiger partial charge in [0.15, 0.2) is 0 Å². The summed E-state index contributed by atoms with van der Waals surface area (Å²) in [7, 11) is 0.